The summed E-state index contributed by atoms with van der Waals surface area (Å²) in [6.07, 6.45) is 7.85. The molecule has 17 heavy (non-hydrogen) atoms. The van der Waals surface area contributed by atoms with Gasteiger partial charge in [0.2, 0.25) is 0 Å². The predicted molar refractivity (Wildman–Crippen MR) is 66.5 cm³/mol. The minimum Gasteiger partial charge on any atom is -0.324 e. The maximum absolute atomic E-state index is 5.55. The molecule has 88 valence electrons. The summed E-state index contributed by atoms with van der Waals surface area (Å²) in [5.41, 5.74) is 8.94. The lowest BCUT2D eigenvalue weighted by Crippen LogP contribution is -2.05. The molecule has 0 saturated carbocycles. The Morgan fingerprint density at radius 1 is 1.12 bits per heavy atom. The second-order valence-electron chi connectivity index (χ2n) is 4.56. The second-order valence-corrected chi connectivity index (χ2v) is 4.56. The molecule has 4 nitrogen and oxygen atoms in total. The molecule has 1 aliphatic carbocycles. The maximum Gasteiger partial charge on any atom is 0.163 e. The zero-order valence-corrected chi connectivity index (χ0v) is 9.82. The number of rotatable bonds is 1. The van der Waals surface area contributed by atoms with E-state index in [2.05, 4.69) is 21.0 Å². The molecule has 2 aromatic heterocycles. The third kappa shape index (κ3) is 2.00. The Balaban J connectivity index is 2.15. The molecular weight excluding hydrogens is 212 g/mol. The fourth-order valence-electron chi connectivity index (χ4n) is 2.40. The van der Waals surface area contributed by atoms with Crippen LogP contribution in [0.15, 0.2) is 12.3 Å². The molecule has 1 aliphatic rings. The highest BCUT2D eigenvalue weighted by molar-refractivity contribution is 5.74. The molecule has 0 atom stereocenters. The lowest BCUT2D eigenvalue weighted by atomic mass is 10.1. The molecule has 0 bridgehead atoms. The van der Waals surface area contributed by atoms with Crippen LogP contribution in [-0.4, -0.2) is 15.0 Å². The Morgan fingerprint density at radius 3 is 2.88 bits per heavy atom. The lowest BCUT2D eigenvalue weighted by molar-refractivity contribution is 0.709. The Bertz CT molecular complexity index is 550. The van der Waals surface area contributed by atoms with E-state index in [-0.39, 0.29) is 0 Å². The molecule has 2 heterocycles. The summed E-state index contributed by atoms with van der Waals surface area (Å²) in [6.45, 7) is 0.370. The van der Waals surface area contributed by atoms with Gasteiger partial charge < -0.3 is 5.73 Å². The SMILES string of the molecule is NCc1ncc2cc3c(nc2n1)CCCCC3. The summed E-state index contributed by atoms with van der Waals surface area (Å²) in [5, 5.41) is 1.03. The van der Waals surface area contributed by atoms with Crippen molar-refractivity contribution in [2.45, 2.75) is 38.6 Å². The minimum absolute atomic E-state index is 0.370. The predicted octanol–water partition coefficient (Wildman–Crippen LogP) is 1.75. The zero-order valence-electron chi connectivity index (χ0n) is 9.82. The van der Waals surface area contributed by atoms with Crippen LogP contribution in [0, 0.1) is 0 Å². The third-order valence-electron chi connectivity index (χ3n) is 3.33. The van der Waals surface area contributed by atoms with Gasteiger partial charge in [-0.05, 0) is 37.3 Å². The number of hydrogen-bond acceptors (Lipinski definition) is 4. The first kappa shape index (κ1) is 10.6. The van der Waals surface area contributed by atoms with Gasteiger partial charge in [-0.3, -0.25) is 0 Å². The van der Waals surface area contributed by atoms with Gasteiger partial charge in [0.25, 0.3) is 0 Å². The average molecular weight is 228 g/mol. The number of pyridine rings is 1. The van der Waals surface area contributed by atoms with Crippen molar-refractivity contribution in [1.82, 2.24) is 15.0 Å². The van der Waals surface area contributed by atoms with Gasteiger partial charge in [0.15, 0.2) is 5.65 Å². The van der Waals surface area contributed by atoms with Crippen molar-refractivity contribution in [2.24, 2.45) is 5.73 Å². The van der Waals surface area contributed by atoms with Crippen LogP contribution in [-0.2, 0) is 19.4 Å². The number of fused-ring (bicyclic) bond motifs is 2. The van der Waals surface area contributed by atoms with E-state index in [4.69, 9.17) is 5.73 Å². The molecule has 0 saturated heterocycles. The first-order valence-electron chi connectivity index (χ1n) is 6.21. The van der Waals surface area contributed by atoms with Crippen LogP contribution in [0.2, 0.25) is 0 Å². The van der Waals surface area contributed by atoms with Crippen molar-refractivity contribution in [1.29, 1.82) is 0 Å². The monoisotopic (exact) mass is 228 g/mol. The second kappa shape index (κ2) is 4.37. The van der Waals surface area contributed by atoms with Crippen molar-refractivity contribution in [3.8, 4) is 0 Å². The summed E-state index contributed by atoms with van der Waals surface area (Å²) < 4.78 is 0. The van der Waals surface area contributed by atoms with Crippen LogP contribution < -0.4 is 5.73 Å². The van der Waals surface area contributed by atoms with Crippen molar-refractivity contribution >= 4 is 11.0 Å². The molecule has 0 unspecified atom stereocenters. The van der Waals surface area contributed by atoms with Crippen LogP contribution in [0.5, 0.6) is 0 Å². The molecule has 0 spiro atoms. The molecule has 4 heteroatoms. The zero-order chi connectivity index (χ0) is 11.7. The third-order valence-corrected chi connectivity index (χ3v) is 3.33. The average Bonchev–Trinajstić information content (AvgIpc) is 2.60. The van der Waals surface area contributed by atoms with Gasteiger partial charge in [0.1, 0.15) is 5.82 Å². The number of nitrogens with two attached hydrogens (primary N) is 1. The van der Waals surface area contributed by atoms with E-state index in [1.54, 1.807) is 0 Å². The smallest absolute Gasteiger partial charge is 0.163 e. The summed E-state index contributed by atoms with van der Waals surface area (Å²) in [5.74, 6) is 0.665. The molecule has 0 fully saturated rings. The van der Waals surface area contributed by atoms with E-state index < -0.39 is 0 Å². The van der Waals surface area contributed by atoms with Crippen molar-refractivity contribution in [2.75, 3.05) is 0 Å². The normalized spacial score (nSPS) is 15.6. The van der Waals surface area contributed by atoms with Gasteiger partial charge in [-0.2, -0.15) is 0 Å². The fraction of sp³-hybridized carbons (Fsp3) is 0.462. The molecular formula is C13H16N4. The largest absolute Gasteiger partial charge is 0.324 e. The van der Waals surface area contributed by atoms with Crippen LogP contribution in [0.25, 0.3) is 11.0 Å². The molecule has 0 radical (unpaired) electrons. The molecule has 0 aromatic carbocycles. The topological polar surface area (TPSA) is 64.7 Å². The van der Waals surface area contributed by atoms with Crippen molar-refractivity contribution < 1.29 is 0 Å². The Hall–Kier alpha value is -1.55. The van der Waals surface area contributed by atoms with Crippen LogP contribution >= 0.6 is 0 Å². The molecule has 3 rings (SSSR count). The van der Waals surface area contributed by atoms with Gasteiger partial charge >= 0.3 is 0 Å². The van der Waals surface area contributed by atoms with Gasteiger partial charge in [-0.1, -0.05) is 6.42 Å². The highest BCUT2D eigenvalue weighted by Gasteiger charge is 2.11. The Morgan fingerprint density at radius 2 is 2.00 bits per heavy atom. The van der Waals surface area contributed by atoms with Crippen molar-refractivity contribution in [3.63, 3.8) is 0 Å². The van der Waals surface area contributed by atoms with Crippen LogP contribution in [0.3, 0.4) is 0 Å². The number of aromatic nitrogens is 3. The van der Waals surface area contributed by atoms with E-state index in [1.165, 1.54) is 30.5 Å². The number of nitrogens with zero attached hydrogens (tertiary/aromatic N) is 3. The highest BCUT2D eigenvalue weighted by Crippen LogP contribution is 2.22. The standard InChI is InChI=1S/C13H16N4/c14-7-12-15-8-10-6-9-4-2-1-3-5-11(9)16-13(10)17-12/h6,8H,1-5,7,14H2. The summed E-state index contributed by atoms with van der Waals surface area (Å²) in [4.78, 5) is 13.3. The first-order valence-corrected chi connectivity index (χ1v) is 6.21. The van der Waals surface area contributed by atoms with Crippen molar-refractivity contribution in [3.05, 3.63) is 29.3 Å². The molecule has 0 amide bonds. The van der Waals surface area contributed by atoms with Crippen LogP contribution in [0.1, 0.15) is 36.3 Å². The lowest BCUT2D eigenvalue weighted by Gasteiger charge is -2.06. The Kier molecular flexibility index (Phi) is 2.73. The highest BCUT2D eigenvalue weighted by atomic mass is 15.0. The molecule has 0 aliphatic heterocycles. The van der Waals surface area contributed by atoms with E-state index in [0.717, 1.165) is 23.9 Å². The van der Waals surface area contributed by atoms with Crippen LogP contribution in [0.4, 0.5) is 0 Å². The van der Waals surface area contributed by atoms with Gasteiger partial charge in [-0.15, -0.1) is 0 Å². The minimum atomic E-state index is 0.370. The number of aryl methyl sites for hydroxylation is 2. The summed E-state index contributed by atoms with van der Waals surface area (Å²) in [7, 11) is 0. The van der Waals surface area contributed by atoms with E-state index in [1.807, 2.05) is 6.20 Å². The van der Waals surface area contributed by atoms with E-state index >= 15 is 0 Å². The summed E-state index contributed by atoms with van der Waals surface area (Å²) in [6, 6.07) is 2.20. The first-order chi connectivity index (χ1) is 8.36. The van der Waals surface area contributed by atoms with Gasteiger partial charge in [-0.25, -0.2) is 15.0 Å². The van der Waals surface area contributed by atoms with E-state index in [0.29, 0.717) is 12.4 Å². The maximum atomic E-state index is 5.55. The Labute approximate surface area is 100 Å². The van der Waals surface area contributed by atoms with Gasteiger partial charge in [0.05, 0.1) is 6.54 Å². The molecule has 2 aromatic rings. The number of hydrogen-bond donors (Lipinski definition) is 1. The fourth-order valence-corrected chi connectivity index (χ4v) is 2.40. The quantitative estimate of drug-likeness (QED) is 0.755. The van der Waals surface area contributed by atoms with Gasteiger partial charge in [0, 0.05) is 17.3 Å². The summed E-state index contributed by atoms with van der Waals surface area (Å²) >= 11 is 0. The van der Waals surface area contributed by atoms with E-state index in [9.17, 15) is 0 Å². The molecule has 2 N–H and O–H groups in total.